The Kier molecular flexibility index (Phi) is 5.48. The van der Waals surface area contributed by atoms with Gasteiger partial charge in [0.25, 0.3) is 5.91 Å². The van der Waals surface area contributed by atoms with E-state index in [0.29, 0.717) is 11.6 Å². The molecule has 0 unspecified atom stereocenters. The summed E-state index contributed by atoms with van der Waals surface area (Å²) in [5.41, 5.74) is 1.80. The van der Waals surface area contributed by atoms with Crippen LogP contribution in [0.2, 0.25) is 0 Å². The number of nitrogens with one attached hydrogen (secondary N) is 2. The van der Waals surface area contributed by atoms with Gasteiger partial charge in [-0.3, -0.25) is 9.89 Å². The molecule has 1 amide bonds. The van der Waals surface area contributed by atoms with Gasteiger partial charge in [0.1, 0.15) is 5.69 Å². The Balaban J connectivity index is 1.51. The molecular weight excluding hydrogens is 318 g/mol. The molecule has 0 spiro atoms. The van der Waals surface area contributed by atoms with Gasteiger partial charge >= 0.3 is 5.97 Å². The van der Waals surface area contributed by atoms with Crippen molar-refractivity contribution < 1.29 is 14.3 Å². The number of aromatic nitrogens is 2. The quantitative estimate of drug-likeness (QED) is 0.819. The smallest absolute Gasteiger partial charge is 0.356 e. The van der Waals surface area contributed by atoms with Gasteiger partial charge in [-0.2, -0.15) is 5.10 Å². The summed E-state index contributed by atoms with van der Waals surface area (Å²) in [5, 5.41) is 9.74. The van der Waals surface area contributed by atoms with Crippen LogP contribution in [0.1, 0.15) is 43.1 Å². The van der Waals surface area contributed by atoms with Crippen LogP contribution in [-0.4, -0.2) is 34.7 Å². The number of benzene rings is 1. The maximum absolute atomic E-state index is 12.1. The van der Waals surface area contributed by atoms with Crippen molar-refractivity contribution in [2.24, 2.45) is 5.92 Å². The first-order valence-corrected chi connectivity index (χ1v) is 8.71. The molecule has 6 heteroatoms. The molecule has 2 atom stereocenters. The molecule has 0 aliphatic heterocycles. The molecule has 1 fully saturated rings. The molecule has 0 saturated heterocycles. The van der Waals surface area contributed by atoms with Crippen molar-refractivity contribution in [2.75, 3.05) is 6.61 Å². The molecule has 6 nitrogen and oxygen atoms in total. The molecule has 3 rings (SSSR count). The average molecular weight is 341 g/mol. The van der Waals surface area contributed by atoms with Gasteiger partial charge in [-0.05, 0) is 24.8 Å². The summed E-state index contributed by atoms with van der Waals surface area (Å²) in [6.07, 6.45) is 4.46. The van der Waals surface area contributed by atoms with Gasteiger partial charge in [-0.25, -0.2) is 4.79 Å². The highest BCUT2D eigenvalue weighted by atomic mass is 16.5. The van der Waals surface area contributed by atoms with Gasteiger partial charge in [-0.15, -0.1) is 0 Å². The molecule has 0 bridgehead atoms. The van der Waals surface area contributed by atoms with Crippen LogP contribution in [0, 0.1) is 5.92 Å². The normalized spacial score (nSPS) is 20.0. The maximum Gasteiger partial charge on any atom is 0.356 e. The van der Waals surface area contributed by atoms with Crippen LogP contribution in [-0.2, 0) is 9.53 Å². The average Bonchev–Trinajstić information content (AvgIpc) is 3.13. The van der Waals surface area contributed by atoms with Crippen molar-refractivity contribution >= 4 is 11.9 Å². The summed E-state index contributed by atoms with van der Waals surface area (Å²) in [7, 11) is 0. The molecule has 1 aromatic carbocycles. The second-order valence-electron chi connectivity index (χ2n) is 6.54. The van der Waals surface area contributed by atoms with Crippen LogP contribution in [0.5, 0.6) is 0 Å². The maximum atomic E-state index is 12.1. The highest BCUT2D eigenvalue weighted by molar-refractivity contribution is 5.90. The predicted octanol–water partition coefficient (Wildman–Crippen LogP) is 2.93. The predicted molar refractivity (Wildman–Crippen MR) is 93.9 cm³/mol. The van der Waals surface area contributed by atoms with Crippen molar-refractivity contribution in [3.63, 3.8) is 0 Å². The summed E-state index contributed by atoms with van der Waals surface area (Å²) in [6, 6.07) is 11.3. The first-order chi connectivity index (χ1) is 12.1. The molecule has 0 radical (unpaired) electrons. The van der Waals surface area contributed by atoms with Crippen LogP contribution in [0.25, 0.3) is 11.3 Å². The fraction of sp³-hybridized carbons (Fsp3) is 0.421. The van der Waals surface area contributed by atoms with Gasteiger partial charge < -0.3 is 10.1 Å². The summed E-state index contributed by atoms with van der Waals surface area (Å²) >= 11 is 0. The molecule has 2 N–H and O–H groups in total. The van der Waals surface area contributed by atoms with Crippen molar-refractivity contribution in [1.29, 1.82) is 0 Å². The Morgan fingerprint density at radius 3 is 2.76 bits per heavy atom. The van der Waals surface area contributed by atoms with Gasteiger partial charge in [-0.1, -0.05) is 50.1 Å². The Labute approximate surface area is 147 Å². The number of carbonyl (C=O) groups excluding carboxylic acids is 2. The zero-order valence-corrected chi connectivity index (χ0v) is 14.3. The lowest BCUT2D eigenvalue weighted by Gasteiger charge is -2.29. The minimum absolute atomic E-state index is 0.178. The number of ether oxygens (including phenoxy) is 1. The van der Waals surface area contributed by atoms with Gasteiger partial charge in [0.2, 0.25) is 0 Å². The molecule has 132 valence electrons. The molecule has 1 aliphatic carbocycles. The first-order valence-electron chi connectivity index (χ1n) is 8.71. The Hall–Kier alpha value is -2.63. The third-order valence-corrected chi connectivity index (χ3v) is 4.66. The largest absolute Gasteiger partial charge is 0.451 e. The number of nitrogens with zero attached hydrogens (tertiary/aromatic N) is 1. The number of esters is 1. The molecule has 25 heavy (non-hydrogen) atoms. The highest BCUT2D eigenvalue weighted by Gasteiger charge is 2.23. The first kappa shape index (κ1) is 17.2. The summed E-state index contributed by atoms with van der Waals surface area (Å²) < 4.78 is 5.09. The molecule has 1 aromatic heterocycles. The molecule has 1 heterocycles. The van der Waals surface area contributed by atoms with E-state index in [0.717, 1.165) is 24.8 Å². The monoisotopic (exact) mass is 341 g/mol. The number of amides is 1. The third-order valence-electron chi connectivity index (χ3n) is 4.66. The molecule has 1 aliphatic rings. The van der Waals surface area contributed by atoms with E-state index in [1.807, 2.05) is 30.3 Å². The highest BCUT2D eigenvalue weighted by Crippen LogP contribution is 2.23. The fourth-order valence-electron chi connectivity index (χ4n) is 3.17. The van der Waals surface area contributed by atoms with E-state index >= 15 is 0 Å². The van der Waals surface area contributed by atoms with E-state index in [4.69, 9.17) is 4.74 Å². The second kappa shape index (κ2) is 7.96. The van der Waals surface area contributed by atoms with Gasteiger partial charge in [0.15, 0.2) is 6.61 Å². The standard InChI is InChI=1S/C19H23N3O3/c1-13-7-5-6-10-15(13)20-18(23)12-25-19(24)17-11-16(21-22-17)14-8-3-2-4-9-14/h2-4,8-9,11,13,15H,5-7,10,12H2,1H3,(H,20,23)(H,21,22)/t13-,15-/m0/s1. The minimum atomic E-state index is -0.582. The van der Waals surface area contributed by atoms with E-state index in [9.17, 15) is 9.59 Å². The van der Waals surface area contributed by atoms with Crippen molar-refractivity contribution in [2.45, 2.75) is 38.6 Å². The molecular formula is C19H23N3O3. The fourth-order valence-corrected chi connectivity index (χ4v) is 3.17. The number of hydrogen-bond donors (Lipinski definition) is 2. The number of hydrogen-bond acceptors (Lipinski definition) is 4. The van der Waals surface area contributed by atoms with Gasteiger partial charge in [0.05, 0.1) is 5.69 Å². The lowest BCUT2D eigenvalue weighted by atomic mass is 9.86. The Bertz CT molecular complexity index is 727. The van der Waals surface area contributed by atoms with Gasteiger partial charge in [0, 0.05) is 11.6 Å². The van der Waals surface area contributed by atoms with E-state index in [2.05, 4.69) is 22.4 Å². The lowest BCUT2D eigenvalue weighted by Crippen LogP contribution is -2.42. The third kappa shape index (κ3) is 4.47. The topological polar surface area (TPSA) is 84.1 Å². The van der Waals surface area contributed by atoms with E-state index in [1.165, 1.54) is 6.42 Å². The van der Waals surface area contributed by atoms with Crippen molar-refractivity contribution in [3.05, 3.63) is 42.1 Å². The number of H-pyrrole nitrogens is 1. The van der Waals surface area contributed by atoms with E-state index in [-0.39, 0.29) is 24.2 Å². The van der Waals surface area contributed by atoms with Crippen LogP contribution in [0.4, 0.5) is 0 Å². The summed E-state index contributed by atoms with van der Waals surface area (Å²) in [5.74, 6) is -0.370. The van der Waals surface area contributed by atoms with Crippen LogP contribution < -0.4 is 5.32 Å². The molecule has 2 aromatic rings. The lowest BCUT2D eigenvalue weighted by molar-refractivity contribution is -0.125. The second-order valence-corrected chi connectivity index (χ2v) is 6.54. The minimum Gasteiger partial charge on any atom is -0.451 e. The summed E-state index contributed by atoms with van der Waals surface area (Å²) in [6.45, 7) is 1.87. The van der Waals surface area contributed by atoms with Crippen LogP contribution >= 0.6 is 0 Å². The Morgan fingerprint density at radius 1 is 1.24 bits per heavy atom. The SMILES string of the molecule is C[C@H]1CCCC[C@@H]1NC(=O)COC(=O)c1cc(-c2ccccc2)n[nH]1. The zero-order valence-electron chi connectivity index (χ0n) is 14.3. The number of rotatable bonds is 5. The van der Waals surface area contributed by atoms with E-state index in [1.54, 1.807) is 6.07 Å². The molecule has 1 saturated carbocycles. The number of aromatic amines is 1. The van der Waals surface area contributed by atoms with Crippen LogP contribution in [0.15, 0.2) is 36.4 Å². The Morgan fingerprint density at radius 2 is 2.00 bits per heavy atom. The van der Waals surface area contributed by atoms with Crippen molar-refractivity contribution in [3.8, 4) is 11.3 Å². The van der Waals surface area contributed by atoms with E-state index < -0.39 is 5.97 Å². The summed E-state index contributed by atoms with van der Waals surface area (Å²) in [4.78, 5) is 24.1. The number of carbonyl (C=O) groups is 2. The van der Waals surface area contributed by atoms with Crippen molar-refractivity contribution in [1.82, 2.24) is 15.5 Å². The van der Waals surface area contributed by atoms with Crippen LogP contribution in [0.3, 0.4) is 0 Å². The zero-order chi connectivity index (χ0) is 17.6.